The number of nitrogens with zero attached hydrogens (tertiary/aromatic N) is 2. The van der Waals surface area contributed by atoms with E-state index >= 15 is 9.59 Å². The van der Waals surface area contributed by atoms with Gasteiger partial charge in [0.2, 0.25) is 0 Å². The first-order valence-electron chi connectivity index (χ1n) is 16.0. The number of hydrogen-bond donors (Lipinski definition) is 0. The van der Waals surface area contributed by atoms with Gasteiger partial charge in [-0.1, -0.05) is 79.2 Å². The molecule has 1 unspecified atom stereocenters. The van der Waals surface area contributed by atoms with E-state index in [-0.39, 0.29) is 23.5 Å². The average molecular weight is 599 g/mol. The van der Waals surface area contributed by atoms with Crippen LogP contribution >= 0.6 is 0 Å². The molecule has 3 fully saturated rings. The van der Waals surface area contributed by atoms with Gasteiger partial charge in [-0.25, -0.2) is 0 Å². The minimum atomic E-state index is -1.15. The third kappa shape index (κ3) is 3.64. The Kier molecular flexibility index (Phi) is 6.52. The number of likely N-dealkylation sites (tertiary alicyclic amines) is 1. The molecule has 0 aromatic heterocycles. The van der Waals surface area contributed by atoms with Crippen LogP contribution in [0.25, 0.3) is 16.8 Å². The molecule has 0 bridgehead atoms. The molecule has 0 N–H and O–H groups in total. The highest BCUT2D eigenvalue weighted by Crippen LogP contribution is 2.69. The Morgan fingerprint density at radius 2 is 1.56 bits per heavy atom. The predicted molar refractivity (Wildman–Crippen MR) is 176 cm³/mol. The lowest BCUT2D eigenvalue weighted by Gasteiger charge is -2.52. The summed E-state index contributed by atoms with van der Waals surface area (Å²) < 4.78 is 11.7. The van der Waals surface area contributed by atoms with Gasteiger partial charge in [0.1, 0.15) is 17.0 Å². The monoisotopic (exact) mass is 598 g/mol. The van der Waals surface area contributed by atoms with Crippen LogP contribution in [0, 0.1) is 5.41 Å². The lowest BCUT2D eigenvalue weighted by atomic mass is 9.54. The van der Waals surface area contributed by atoms with E-state index in [2.05, 4.69) is 47.2 Å². The van der Waals surface area contributed by atoms with Crippen molar-refractivity contribution >= 4 is 28.4 Å². The highest BCUT2D eigenvalue weighted by atomic mass is 16.5. The Hall–Kier alpha value is -4.26. The van der Waals surface area contributed by atoms with Crippen molar-refractivity contribution in [2.24, 2.45) is 5.41 Å². The van der Waals surface area contributed by atoms with Gasteiger partial charge in [-0.15, -0.1) is 0 Å². The van der Waals surface area contributed by atoms with E-state index in [1.165, 1.54) is 0 Å². The zero-order chi connectivity index (χ0) is 30.9. The highest BCUT2D eigenvalue weighted by molar-refractivity contribution is 6.24. The Bertz CT molecular complexity index is 1890. The number of ketones is 2. The number of Topliss-reactive ketones (excluding diaryl/α,β-unsaturated/α-hetero) is 2. The fourth-order valence-corrected chi connectivity index (χ4v) is 9.61. The number of methoxy groups -OCH3 is 2. The molecule has 1 aliphatic carbocycles. The Balaban J connectivity index is 1.48. The molecule has 6 nitrogen and oxygen atoms in total. The lowest BCUT2D eigenvalue weighted by Crippen LogP contribution is -2.65. The maximum atomic E-state index is 15.8. The third-order valence-electron chi connectivity index (χ3n) is 11.0. The quantitative estimate of drug-likeness (QED) is 0.251. The van der Waals surface area contributed by atoms with Crippen molar-refractivity contribution in [3.05, 3.63) is 113 Å². The molecule has 3 aliphatic heterocycles. The molecule has 0 radical (unpaired) electrons. The zero-order valence-corrected chi connectivity index (χ0v) is 26.1. The van der Waals surface area contributed by atoms with Crippen LogP contribution in [-0.4, -0.2) is 68.3 Å². The van der Waals surface area contributed by atoms with Crippen LogP contribution in [0.2, 0.25) is 0 Å². The third-order valence-corrected chi connectivity index (χ3v) is 11.0. The number of benzene rings is 4. The number of piperidine rings is 2. The summed E-state index contributed by atoms with van der Waals surface area (Å²) in [7, 11) is 5.44. The Morgan fingerprint density at radius 3 is 2.36 bits per heavy atom. The summed E-state index contributed by atoms with van der Waals surface area (Å²) in [6, 6.07) is 28.3. The number of rotatable bonds is 4. The van der Waals surface area contributed by atoms with E-state index in [1.807, 2.05) is 60.7 Å². The molecular formula is C39H38N2O4. The molecule has 2 spiro atoms. The van der Waals surface area contributed by atoms with Crippen molar-refractivity contribution in [2.45, 2.75) is 36.8 Å². The lowest BCUT2D eigenvalue weighted by molar-refractivity contribution is -0.134. The van der Waals surface area contributed by atoms with E-state index in [1.54, 1.807) is 14.2 Å². The van der Waals surface area contributed by atoms with Crippen molar-refractivity contribution in [1.82, 2.24) is 9.80 Å². The van der Waals surface area contributed by atoms with Crippen LogP contribution in [0.3, 0.4) is 0 Å². The molecule has 4 aromatic rings. The number of ether oxygens (including phenoxy) is 2. The maximum Gasteiger partial charge on any atom is 0.189 e. The number of para-hydroxylation sites is 2. The van der Waals surface area contributed by atoms with Gasteiger partial charge < -0.3 is 14.4 Å². The van der Waals surface area contributed by atoms with Crippen molar-refractivity contribution in [2.75, 3.05) is 40.9 Å². The molecule has 3 heterocycles. The molecule has 45 heavy (non-hydrogen) atoms. The van der Waals surface area contributed by atoms with Crippen molar-refractivity contribution in [3.8, 4) is 11.5 Å². The van der Waals surface area contributed by atoms with Gasteiger partial charge in [0.15, 0.2) is 11.6 Å². The van der Waals surface area contributed by atoms with Crippen LogP contribution in [0.4, 0.5) is 0 Å². The molecular weight excluding hydrogens is 560 g/mol. The van der Waals surface area contributed by atoms with Gasteiger partial charge in [0, 0.05) is 41.7 Å². The minimum absolute atomic E-state index is 0.00784. The normalized spacial score (nSPS) is 28.8. The molecule has 4 aliphatic rings. The summed E-state index contributed by atoms with van der Waals surface area (Å²) in [6.07, 6.45) is 4.95. The molecule has 0 saturated carbocycles. The second kappa shape index (κ2) is 10.4. The van der Waals surface area contributed by atoms with Crippen LogP contribution < -0.4 is 9.47 Å². The van der Waals surface area contributed by atoms with Gasteiger partial charge >= 0.3 is 0 Å². The van der Waals surface area contributed by atoms with E-state index in [4.69, 9.17) is 9.47 Å². The molecule has 228 valence electrons. The van der Waals surface area contributed by atoms with E-state index in [9.17, 15) is 0 Å². The largest absolute Gasteiger partial charge is 0.496 e. The van der Waals surface area contributed by atoms with E-state index in [0.717, 1.165) is 64.6 Å². The summed E-state index contributed by atoms with van der Waals surface area (Å²) in [4.78, 5) is 36.1. The second-order valence-corrected chi connectivity index (χ2v) is 13.1. The molecule has 4 atom stereocenters. The molecule has 6 heteroatoms. The van der Waals surface area contributed by atoms with E-state index in [0.29, 0.717) is 24.4 Å². The van der Waals surface area contributed by atoms with Gasteiger partial charge in [0.25, 0.3) is 0 Å². The highest BCUT2D eigenvalue weighted by Gasteiger charge is 2.77. The molecule has 3 saturated heterocycles. The smallest absolute Gasteiger partial charge is 0.189 e. The van der Waals surface area contributed by atoms with Gasteiger partial charge in [-0.3, -0.25) is 14.5 Å². The zero-order valence-electron chi connectivity index (χ0n) is 26.1. The number of carbonyl (C=O) groups is 2. The molecule has 8 rings (SSSR count). The Morgan fingerprint density at radius 1 is 0.822 bits per heavy atom. The minimum Gasteiger partial charge on any atom is -0.496 e. The van der Waals surface area contributed by atoms with E-state index < -0.39 is 11.0 Å². The summed E-state index contributed by atoms with van der Waals surface area (Å²) >= 11 is 0. The molecule has 0 amide bonds. The fraction of sp³-hybridized carbons (Fsp3) is 0.333. The number of hydrogen-bond acceptors (Lipinski definition) is 6. The maximum absolute atomic E-state index is 15.8. The van der Waals surface area contributed by atoms with Crippen LogP contribution in [0.5, 0.6) is 11.5 Å². The van der Waals surface area contributed by atoms with Crippen molar-refractivity contribution < 1.29 is 19.1 Å². The standard InChI is InChI=1S/C39H38N2O4/c1-40-23-27(22-26-12-4-6-19-32(26)44-2)36(42)38(24-40)35(28-15-5-7-20-33(28)45-3)31-18-8-9-21-41(31)39(38)30-17-11-14-25-13-10-16-29(34(25)30)37(39)43/h4-7,10-17,19-20,22,31,35H,8-9,18,21,23-24H2,1-3H3/b27-22+/t31-,35-,38?,39-/m0/s1. The number of likely N-dealkylation sites (N-methyl/N-ethyl adjacent to an activating group) is 1. The van der Waals surface area contributed by atoms with Gasteiger partial charge in [0.05, 0.1) is 19.6 Å². The fourth-order valence-electron chi connectivity index (χ4n) is 9.61. The van der Waals surface area contributed by atoms with Crippen LogP contribution in [0.1, 0.15) is 52.2 Å². The number of fused-ring (bicyclic) bond motifs is 4. The van der Waals surface area contributed by atoms with Gasteiger partial charge in [-0.05, 0) is 66.5 Å². The summed E-state index contributed by atoms with van der Waals surface area (Å²) in [5.41, 5.74) is 2.00. The number of carbonyl (C=O) groups excluding carboxylic acids is 2. The van der Waals surface area contributed by atoms with Gasteiger partial charge in [-0.2, -0.15) is 0 Å². The predicted octanol–water partition coefficient (Wildman–Crippen LogP) is 6.49. The summed E-state index contributed by atoms with van der Waals surface area (Å²) in [6.45, 7) is 1.71. The second-order valence-electron chi connectivity index (χ2n) is 13.1. The van der Waals surface area contributed by atoms with Crippen molar-refractivity contribution in [1.29, 1.82) is 0 Å². The summed E-state index contributed by atoms with van der Waals surface area (Å²) in [5, 5.41) is 2.03. The van der Waals surface area contributed by atoms with Crippen LogP contribution in [-0.2, 0) is 10.3 Å². The van der Waals surface area contributed by atoms with Crippen LogP contribution in [0.15, 0.2) is 90.5 Å². The Labute approximate surface area is 264 Å². The summed E-state index contributed by atoms with van der Waals surface area (Å²) in [5.74, 6) is 1.32. The first kappa shape index (κ1) is 28.2. The van der Waals surface area contributed by atoms with Crippen molar-refractivity contribution in [3.63, 3.8) is 0 Å². The topological polar surface area (TPSA) is 59.1 Å². The average Bonchev–Trinajstić information content (AvgIpc) is 3.48. The first-order valence-corrected chi connectivity index (χ1v) is 16.0. The first-order chi connectivity index (χ1) is 22.0. The molecule has 4 aromatic carbocycles. The SMILES string of the molecule is COc1ccccc1/C=C1\CN(C)CC2(C1=O)[C@@H](c1ccccc1OC)[C@@H]1CCCCN1[C@@]21C(=O)c2cccc3cccc1c23.